The molecule has 1 unspecified atom stereocenters. The molecule has 1 heterocycles. The predicted octanol–water partition coefficient (Wildman–Crippen LogP) is 7.52. The highest BCUT2D eigenvalue weighted by atomic mass is 32.2. The second-order valence-electron chi connectivity index (χ2n) is 13.1. The molecule has 0 spiro atoms. The van der Waals surface area contributed by atoms with Gasteiger partial charge in [-0.3, -0.25) is 14.4 Å². The van der Waals surface area contributed by atoms with Gasteiger partial charge in [0.1, 0.15) is 23.2 Å². The van der Waals surface area contributed by atoms with Gasteiger partial charge in [-0.1, -0.05) is 36.4 Å². The van der Waals surface area contributed by atoms with Gasteiger partial charge >= 0.3 is 5.97 Å². The first-order valence-electron chi connectivity index (χ1n) is 18.5. The zero-order valence-corrected chi connectivity index (χ0v) is 34.2. The van der Waals surface area contributed by atoms with Gasteiger partial charge in [0.25, 0.3) is 0 Å². The number of esters is 1. The van der Waals surface area contributed by atoms with Gasteiger partial charge in [0, 0.05) is 67.7 Å². The maximum Gasteiger partial charge on any atom is 0.318 e. The van der Waals surface area contributed by atoms with Crippen molar-refractivity contribution in [2.24, 2.45) is 5.92 Å². The van der Waals surface area contributed by atoms with E-state index in [1.54, 1.807) is 62.3 Å². The van der Waals surface area contributed by atoms with E-state index >= 15 is 0 Å². The number of halogens is 1. The van der Waals surface area contributed by atoms with Crippen molar-refractivity contribution in [1.29, 1.82) is 0 Å². The van der Waals surface area contributed by atoms with Crippen LogP contribution in [0.15, 0.2) is 107 Å². The molecule has 0 aromatic heterocycles. The smallest absolute Gasteiger partial charge is 0.318 e. The van der Waals surface area contributed by atoms with Crippen molar-refractivity contribution in [3.05, 3.63) is 114 Å². The summed E-state index contributed by atoms with van der Waals surface area (Å²) in [5.74, 6) is 0.537. The summed E-state index contributed by atoms with van der Waals surface area (Å²) in [7, 11) is 6.40. The maximum absolute atomic E-state index is 12.9. The Bertz CT molecular complexity index is 1830. The predicted molar refractivity (Wildman–Crippen MR) is 221 cm³/mol. The zero-order valence-electron chi connectivity index (χ0n) is 32.5. The number of anilines is 1. The Morgan fingerprint density at radius 3 is 2.05 bits per heavy atom. The number of aromatic hydroxyl groups is 1. The second-order valence-corrected chi connectivity index (χ2v) is 15.4. The Balaban J connectivity index is 0.000000249. The van der Waals surface area contributed by atoms with Crippen molar-refractivity contribution in [2.45, 2.75) is 42.1 Å². The van der Waals surface area contributed by atoms with Crippen LogP contribution in [0.3, 0.4) is 0 Å². The van der Waals surface area contributed by atoms with E-state index in [0.717, 1.165) is 53.8 Å². The average Bonchev–Trinajstić information content (AvgIpc) is 3.22. The summed E-state index contributed by atoms with van der Waals surface area (Å²) in [6, 6.07) is 29.0. The number of phenolic OH excluding ortho intramolecular Hbond substituents is 1. The van der Waals surface area contributed by atoms with Gasteiger partial charge in [-0.05, 0) is 90.6 Å². The number of amides is 2. The number of hydrogen-bond donors (Lipinski definition) is 1. The number of hydrogen-bond acceptors (Lipinski definition) is 10. The molecule has 10 nitrogen and oxygen atoms in total. The number of thioether (sulfide) groups is 2. The lowest BCUT2D eigenvalue weighted by molar-refractivity contribution is -0.153. The Morgan fingerprint density at radius 2 is 1.39 bits per heavy atom. The van der Waals surface area contributed by atoms with E-state index in [0.29, 0.717) is 37.4 Å². The van der Waals surface area contributed by atoms with Crippen LogP contribution in [0.4, 0.5) is 10.1 Å². The molecule has 1 fully saturated rings. The second kappa shape index (κ2) is 23.4. The van der Waals surface area contributed by atoms with Crippen molar-refractivity contribution in [2.75, 3.05) is 71.0 Å². The maximum atomic E-state index is 12.9. The van der Waals surface area contributed by atoms with E-state index < -0.39 is 11.9 Å². The van der Waals surface area contributed by atoms with Crippen LogP contribution in [0.25, 0.3) is 0 Å². The molecule has 5 rings (SSSR count). The van der Waals surface area contributed by atoms with Crippen molar-refractivity contribution in [3.8, 4) is 11.5 Å². The van der Waals surface area contributed by atoms with E-state index in [1.807, 2.05) is 48.3 Å². The van der Waals surface area contributed by atoms with Crippen molar-refractivity contribution >= 4 is 47.0 Å². The average molecular weight is 806 g/mol. The molecule has 4 aromatic rings. The fourth-order valence-corrected chi connectivity index (χ4v) is 7.76. The minimum atomic E-state index is -0.866. The molecule has 0 radical (unpaired) electrons. The lowest BCUT2D eigenvalue weighted by Gasteiger charge is -2.31. The first-order valence-corrected chi connectivity index (χ1v) is 20.5. The van der Waals surface area contributed by atoms with Crippen LogP contribution in [0.2, 0.25) is 0 Å². The first kappa shape index (κ1) is 44.0. The van der Waals surface area contributed by atoms with Gasteiger partial charge in [0.05, 0.1) is 27.4 Å². The number of benzene rings is 4. The third-order valence-electron chi connectivity index (χ3n) is 9.07. The normalized spacial score (nSPS) is 12.8. The lowest BCUT2D eigenvalue weighted by Crippen LogP contribution is -2.37. The van der Waals surface area contributed by atoms with Crippen molar-refractivity contribution in [1.82, 2.24) is 9.80 Å². The Morgan fingerprint density at radius 1 is 0.804 bits per heavy atom. The van der Waals surface area contributed by atoms with Gasteiger partial charge in [-0.25, -0.2) is 4.39 Å². The third-order valence-corrected chi connectivity index (χ3v) is 11.2. The zero-order chi connectivity index (χ0) is 40.3. The van der Waals surface area contributed by atoms with Gasteiger partial charge < -0.3 is 34.0 Å². The standard InChI is InChI=1S/C22H27FN2O2S.C21H25NO5S/c1-24(22(26)7-4-16-28-20-10-8-19(23)9-11-20)17-18-5-2-3-6-21(18)25-12-14-27-15-13-25;1-22(14-15-6-4-5-7-19(15)26-2)20(24)18(21(25)27-3)12-13-28-17-10-8-16(23)9-11-17/h2-3,5-6,8-11H,4,7,12-17H2,1H3;4-11,18,23H,12-14H2,1-3H3. The molecule has 13 heteroatoms. The number of morpholine rings is 1. The number of rotatable bonds is 17. The van der Waals surface area contributed by atoms with Crippen molar-refractivity contribution < 1.29 is 38.1 Å². The van der Waals surface area contributed by atoms with Crippen LogP contribution < -0.4 is 9.64 Å². The van der Waals surface area contributed by atoms with Crippen LogP contribution >= 0.6 is 23.5 Å². The number of carbonyl (C=O) groups is 3. The summed E-state index contributed by atoms with van der Waals surface area (Å²) in [6.07, 6.45) is 1.67. The Kier molecular flexibility index (Phi) is 18.4. The molecule has 1 aliphatic rings. The summed E-state index contributed by atoms with van der Waals surface area (Å²) < 4.78 is 28.5. The fourth-order valence-electron chi connectivity index (χ4n) is 5.99. The number of phenols is 1. The largest absolute Gasteiger partial charge is 0.508 e. The number of para-hydroxylation sites is 2. The molecule has 4 aromatic carbocycles. The Labute approximate surface area is 338 Å². The molecular formula is C43H52FN3O7S2. The molecule has 0 bridgehead atoms. The van der Waals surface area contributed by atoms with E-state index in [4.69, 9.17) is 14.2 Å². The molecule has 1 N–H and O–H groups in total. The van der Waals surface area contributed by atoms with Crippen LogP contribution in [0, 0.1) is 11.7 Å². The molecule has 0 saturated carbocycles. The van der Waals surface area contributed by atoms with Crippen LogP contribution in [0.5, 0.6) is 11.5 Å². The lowest BCUT2D eigenvalue weighted by atomic mass is 10.0. The fraction of sp³-hybridized carbons (Fsp3) is 0.372. The minimum absolute atomic E-state index is 0.150. The van der Waals surface area contributed by atoms with Gasteiger partial charge in [0.2, 0.25) is 11.8 Å². The third kappa shape index (κ3) is 14.1. The summed E-state index contributed by atoms with van der Waals surface area (Å²) in [5.41, 5.74) is 3.22. The number of methoxy groups -OCH3 is 2. The van der Waals surface area contributed by atoms with Crippen LogP contribution in [0.1, 0.15) is 30.4 Å². The van der Waals surface area contributed by atoms with Crippen molar-refractivity contribution in [3.63, 3.8) is 0 Å². The van der Waals surface area contributed by atoms with Gasteiger partial charge in [0.15, 0.2) is 0 Å². The molecule has 1 aliphatic heterocycles. The highest BCUT2D eigenvalue weighted by Gasteiger charge is 2.30. The molecule has 2 amide bonds. The minimum Gasteiger partial charge on any atom is -0.508 e. The molecule has 56 heavy (non-hydrogen) atoms. The summed E-state index contributed by atoms with van der Waals surface area (Å²) in [5, 5.41) is 9.34. The molecule has 1 atom stereocenters. The first-order chi connectivity index (χ1) is 27.1. The quantitative estimate of drug-likeness (QED) is 0.0499. The highest BCUT2D eigenvalue weighted by molar-refractivity contribution is 7.99. The van der Waals surface area contributed by atoms with E-state index in [9.17, 15) is 23.9 Å². The summed E-state index contributed by atoms with van der Waals surface area (Å²) in [6.45, 7) is 4.20. The van der Waals surface area contributed by atoms with E-state index in [-0.39, 0.29) is 23.4 Å². The number of nitrogens with zero attached hydrogens (tertiary/aromatic N) is 3. The topological polar surface area (TPSA) is 109 Å². The molecule has 0 aliphatic carbocycles. The Hall–Kier alpha value is -4.72. The highest BCUT2D eigenvalue weighted by Crippen LogP contribution is 2.26. The molecule has 300 valence electrons. The molecular weight excluding hydrogens is 754 g/mol. The SMILES string of the molecule is CN(Cc1ccccc1N1CCOCC1)C(=O)CCCSc1ccc(F)cc1.COC(=O)C(CCSc1ccc(O)cc1)C(=O)N(C)Cc1ccccc1OC. The number of ether oxygens (including phenoxy) is 3. The monoisotopic (exact) mass is 805 g/mol. The summed E-state index contributed by atoms with van der Waals surface area (Å²) >= 11 is 3.17. The van der Waals surface area contributed by atoms with Crippen LogP contribution in [-0.2, 0) is 36.9 Å². The van der Waals surface area contributed by atoms with E-state index in [1.165, 1.54) is 47.2 Å². The summed E-state index contributed by atoms with van der Waals surface area (Å²) in [4.78, 5) is 45.2. The van der Waals surface area contributed by atoms with Gasteiger partial charge in [-0.2, -0.15) is 0 Å². The van der Waals surface area contributed by atoms with E-state index in [2.05, 4.69) is 17.0 Å². The number of carbonyl (C=O) groups excluding carboxylic acids is 3. The van der Waals surface area contributed by atoms with Crippen LogP contribution in [-0.4, -0.2) is 98.8 Å². The molecule has 1 saturated heterocycles. The van der Waals surface area contributed by atoms with Gasteiger partial charge in [-0.15, -0.1) is 23.5 Å².